The Bertz CT molecular complexity index is 1220. The first kappa shape index (κ1) is 22.9. The molecule has 1 aromatic carbocycles. The van der Waals surface area contributed by atoms with E-state index in [1.165, 1.54) is 11.6 Å². The van der Waals surface area contributed by atoms with Gasteiger partial charge in [-0.1, -0.05) is 12.8 Å². The third-order valence-electron chi connectivity index (χ3n) is 6.11. The zero-order valence-corrected chi connectivity index (χ0v) is 19.4. The zero-order chi connectivity index (χ0) is 23.5. The maximum absolute atomic E-state index is 13.1. The van der Waals surface area contributed by atoms with Crippen LogP contribution in [0.5, 0.6) is 11.5 Å². The summed E-state index contributed by atoms with van der Waals surface area (Å²) in [6.45, 7) is 1.79. The monoisotopic (exact) mass is 457 g/mol. The summed E-state index contributed by atoms with van der Waals surface area (Å²) in [5.41, 5.74) is -0.221. The number of aliphatic hydroxyl groups excluding tert-OH is 1. The smallest absolute Gasteiger partial charge is 0.332 e. The van der Waals surface area contributed by atoms with E-state index in [0.717, 1.165) is 49.1 Å². The molecule has 1 fully saturated rings. The quantitative estimate of drug-likeness (QED) is 0.570. The van der Waals surface area contributed by atoms with Crippen LogP contribution in [0.2, 0.25) is 0 Å². The Morgan fingerprint density at radius 2 is 1.64 bits per heavy atom. The van der Waals surface area contributed by atoms with Crippen molar-refractivity contribution in [1.82, 2.24) is 18.7 Å². The fraction of sp³-hybridized carbons (Fsp3) is 0.522. The van der Waals surface area contributed by atoms with Crippen molar-refractivity contribution in [2.45, 2.75) is 38.3 Å². The van der Waals surface area contributed by atoms with E-state index in [2.05, 4.69) is 4.90 Å². The first-order valence-corrected chi connectivity index (χ1v) is 11.3. The fourth-order valence-electron chi connectivity index (χ4n) is 4.25. The van der Waals surface area contributed by atoms with Gasteiger partial charge in [0, 0.05) is 27.2 Å². The molecule has 178 valence electrons. The summed E-state index contributed by atoms with van der Waals surface area (Å²) in [6.07, 6.45) is 3.47. The minimum Gasteiger partial charge on any atom is -0.497 e. The van der Waals surface area contributed by atoms with Crippen molar-refractivity contribution in [3.8, 4) is 11.5 Å². The number of methoxy groups -OCH3 is 1. The predicted octanol–water partition coefficient (Wildman–Crippen LogP) is 1.26. The second-order valence-electron chi connectivity index (χ2n) is 8.44. The van der Waals surface area contributed by atoms with Crippen molar-refractivity contribution in [3.63, 3.8) is 0 Å². The molecule has 1 N–H and O–H groups in total. The van der Waals surface area contributed by atoms with Crippen molar-refractivity contribution in [2.24, 2.45) is 14.1 Å². The second kappa shape index (κ2) is 9.70. The topological polar surface area (TPSA) is 104 Å². The Morgan fingerprint density at radius 1 is 1.00 bits per heavy atom. The highest BCUT2D eigenvalue weighted by molar-refractivity contribution is 5.74. The number of hydrogen-bond donors (Lipinski definition) is 1. The lowest BCUT2D eigenvalue weighted by Gasteiger charge is -2.23. The van der Waals surface area contributed by atoms with Gasteiger partial charge in [0.1, 0.15) is 24.2 Å². The Labute approximate surface area is 191 Å². The Hall–Kier alpha value is -3.27. The van der Waals surface area contributed by atoms with Crippen molar-refractivity contribution >= 4 is 17.1 Å². The minimum absolute atomic E-state index is 0.0392. The number of aliphatic hydroxyl groups is 1. The van der Waals surface area contributed by atoms with Crippen molar-refractivity contribution < 1.29 is 14.6 Å². The fourth-order valence-corrected chi connectivity index (χ4v) is 4.25. The van der Waals surface area contributed by atoms with Gasteiger partial charge in [-0.3, -0.25) is 13.9 Å². The lowest BCUT2D eigenvalue weighted by atomic mass is 10.2. The van der Waals surface area contributed by atoms with E-state index in [1.54, 1.807) is 43.0 Å². The number of rotatable bonds is 7. The molecule has 2 aromatic heterocycles. The normalized spacial score (nSPS) is 15.5. The van der Waals surface area contributed by atoms with Crippen LogP contribution in [-0.4, -0.2) is 56.7 Å². The van der Waals surface area contributed by atoms with Gasteiger partial charge in [0.2, 0.25) is 5.95 Å². The number of aromatic nitrogens is 4. The third-order valence-corrected chi connectivity index (χ3v) is 6.11. The van der Waals surface area contributed by atoms with Crippen molar-refractivity contribution in [2.75, 3.05) is 31.7 Å². The predicted molar refractivity (Wildman–Crippen MR) is 125 cm³/mol. The van der Waals surface area contributed by atoms with Gasteiger partial charge in [-0.2, -0.15) is 4.98 Å². The van der Waals surface area contributed by atoms with Crippen LogP contribution in [0, 0.1) is 0 Å². The molecular formula is C23H31N5O5. The minimum atomic E-state index is -0.892. The Morgan fingerprint density at radius 3 is 2.27 bits per heavy atom. The van der Waals surface area contributed by atoms with Gasteiger partial charge in [-0.05, 0) is 37.1 Å². The molecule has 0 radical (unpaired) electrons. The summed E-state index contributed by atoms with van der Waals surface area (Å²) in [5, 5.41) is 10.8. The molecule has 4 rings (SSSR count). The second-order valence-corrected chi connectivity index (χ2v) is 8.44. The molecule has 0 bridgehead atoms. The summed E-state index contributed by atoms with van der Waals surface area (Å²) in [6, 6.07) is 7.11. The maximum atomic E-state index is 13.1. The van der Waals surface area contributed by atoms with E-state index in [0.29, 0.717) is 22.9 Å². The van der Waals surface area contributed by atoms with Crippen LogP contribution in [0.15, 0.2) is 33.9 Å². The molecule has 1 saturated heterocycles. The van der Waals surface area contributed by atoms with Gasteiger partial charge in [-0.15, -0.1) is 0 Å². The summed E-state index contributed by atoms with van der Waals surface area (Å²) in [5.74, 6) is 1.93. The molecule has 0 aliphatic carbocycles. The summed E-state index contributed by atoms with van der Waals surface area (Å²) in [4.78, 5) is 32.4. The lowest BCUT2D eigenvalue weighted by molar-refractivity contribution is 0.0936. The first-order valence-electron chi connectivity index (χ1n) is 11.3. The number of hydrogen-bond acceptors (Lipinski definition) is 7. The third kappa shape index (κ3) is 4.61. The van der Waals surface area contributed by atoms with Crippen LogP contribution >= 0.6 is 0 Å². The number of benzene rings is 1. The summed E-state index contributed by atoms with van der Waals surface area (Å²) < 4.78 is 15.1. The van der Waals surface area contributed by atoms with E-state index in [1.807, 2.05) is 0 Å². The zero-order valence-electron chi connectivity index (χ0n) is 19.4. The molecular weight excluding hydrogens is 426 g/mol. The standard InChI is InChI=1S/C23H31N5O5/c1-25-20-19(21(30)26(2)23(25)31)28(22(24-20)27-12-6-4-5-7-13-27)14-16(29)15-33-18-10-8-17(32-3)9-11-18/h8-11,16,29H,4-7,12-15H2,1-3H3. The number of nitrogens with zero attached hydrogens (tertiary/aromatic N) is 5. The Kier molecular flexibility index (Phi) is 6.73. The van der Waals surface area contributed by atoms with Gasteiger partial charge in [0.15, 0.2) is 11.2 Å². The van der Waals surface area contributed by atoms with Gasteiger partial charge in [0.05, 0.1) is 13.7 Å². The molecule has 1 aliphatic rings. The molecule has 33 heavy (non-hydrogen) atoms. The molecule has 3 aromatic rings. The van der Waals surface area contributed by atoms with E-state index < -0.39 is 17.4 Å². The first-order chi connectivity index (χ1) is 15.9. The van der Waals surface area contributed by atoms with E-state index in [9.17, 15) is 14.7 Å². The molecule has 0 saturated carbocycles. The molecule has 3 heterocycles. The lowest BCUT2D eigenvalue weighted by Crippen LogP contribution is -2.38. The average molecular weight is 458 g/mol. The molecule has 1 unspecified atom stereocenters. The van der Waals surface area contributed by atoms with Gasteiger partial charge < -0.3 is 24.0 Å². The molecule has 1 atom stereocenters. The SMILES string of the molecule is COc1ccc(OCC(O)Cn2c(N3CCCCCC3)nc3c2c(=O)n(C)c(=O)n3C)cc1. The van der Waals surface area contributed by atoms with E-state index in [-0.39, 0.29) is 13.2 Å². The summed E-state index contributed by atoms with van der Waals surface area (Å²) >= 11 is 0. The summed E-state index contributed by atoms with van der Waals surface area (Å²) in [7, 11) is 4.66. The molecule has 0 spiro atoms. The van der Waals surface area contributed by atoms with Crippen LogP contribution in [0.4, 0.5) is 5.95 Å². The Balaban J connectivity index is 1.67. The number of anilines is 1. The largest absolute Gasteiger partial charge is 0.497 e. The molecule has 10 heteroatoms. The van der Waals surface area contributed by atoms with Gasteiger partial charge in [-0.25, -0.2) is 4.79 Å². The highest BCUT2D eigenvalue weighted by Gasteiger charge is 2.25. The molecule has 1 aliphatic heterocycles. The van der Waals surface area contributed by atoms with Crippen LogP contribution in [0.3, 0.4) is 0 Å². The average Bonchev–Trinajstić information content (AvgIpc) is 2.99. The maximum Gasteiger partial charge on any atom is 0.332 e. The number of fused-ring (bicyclic) bond motifs is 1. The van der Waals surface area contributed by atoms with Gasteiger partial charge >= 0.3 is 5.69 Å². The van der Waals surface area contributed by atoms with E-state index >= 15 is 0 Å². The van der Waals surface area contributed by atoms with Crippen LogP contribution in [-0.2, 0) is 20.6 Å². The van der Waals surface area contributed by atoms with E-state index in [4.69, 9.17) is 14.5 Å². The molecule has 0 amide bonds. The number of imidazole rings is 1. The number of ether oxygens (including phenoxy) is 2. The number of aryl methyl sites for hydroxylation is 1. The van der Waals surface area contributed by atoms with Crippen LogP contribution in [0.25, 0.3) is 11.2 Å². The highest BCUT2D eigenvalue weighted by atomic mass is 16.5. The van der Waals surface area contributed by atoms with Gasteiger partial charge in [0.25, 0.3) is 5.56 Å². The molecule has 10 nitrogen and oxygen atoms in total. The van der Waals surface area contributed by atoms with Crippen molar-refractivity contribution in [3.05, 3.63) is 45.1 Å². The van der Waals surface area contributed by atoms with Crippen LogP contribution in [0.1, 0.15) is 25.7 Å². The van der Waals surface area contributed by atoms with Crippen molar-refractivity contribution in [1.29, 1.82) is 0 Å². The highest BCUT2D eigenvalue weighted by Crippen LogP contribution is 2.24. The van der Waals surface area contributed by atoms with Crippen LogP contribution < -0.4 is 25.6 Å².